The number of carbonyl (C=O) groups is 1. The molecule has 1 saturated heterocycles. The van der Waals surface area contributed by atoms with E-state index in [1.807, 2.05) is 0 Å². The van der Waals surface area contributed by atoms with Gasteiger partial charge in [0.1, 0.15) is 17.0 Å². The highest BCUT2D eigenvalue weighted by molar-refractivity contribution is 7.99. The molecule has 2 aromatic carbocycles. The van der Waals surface area contributed by atoms with E-state index in [4.69, 9.17) is 23.2 Å². The van der Waals surface area contributed by atoms with Gasteiger partial charge in [0.25, 0.3) is 0 Å². The number of halogens is 4. The van der Waals surface area contributed by atoms with E-state index in [2.05, 4.69) is 0 Å². The molecule has 1 aliphatic heterocycles. The minimum absolute atomic E-state index is 0.117. The summed E-state index contributed by atoms with van der Waals surface area (Å²) in [6.07, 6.45) is -0.117. The molecular formula is C17H13Cl2F2NOS. The van der Waals surface area contributed by atoms with Crippen LogP contribution in [-0.2, 0) is 11.2 Å². The first-order valence-electron chi connectivity index (χ1n) is 7.25. The topological polar surface area (TPSA) is 20.3 Å². The van der Waals surface area contributed by atoms with Crippen molar-refractivity contribution in [2.75, 3.05) is 12.3 Å². The Balaban J connectivity index is 1.81. The van der Waals surface area contributed by atoms with Gasteiger partial charge in [0.2, 0.25) is 5.91 Å². The molecule has 3 rings (SSSR count). The van der Waals surface area contributed by atoms with Gasteiger partial charge < -0.3 is 4.90 Å². The number of nitrogens with zero attached hydrogens (tertiary/aromatic N) is 1. The predicted octanol–water partition coefficient (Wildman–Crippen LogP) is 5.09. The van der Waals surface area contributed by atoms with Crippen molar-refractivity contribution in [2.24, 2.45) is 0 Å². The van der Waals surface area contributed by atoms with E-state index in [0.717, 1.165) is 23.4 Å². The Morgan fingerprint density at radius 3 is 2.71 bits per heavy atom. The molecule has 0 aromatic heterocycles. The Hall–Kier alpha value is -1.30. The van der Waals surface area contributed by atoms with Crippen molar-refractivity contribution in [3.63, 3.8) is 0 Å². The van der Waals surface area contributed by atoms with Crippen LogP contribution >= 0.6 is 35.0 Å². The highest BCUT2D eigenvalue weighted by Gasteiger charge is 2.32. The summed E-state index contributed by atoms with van der Waals surface area (Å²) < 4.78 is 26.8. The standard InChI is InChI=1S/C17H13Cl2F2NOS/c18-11-2-4-13(14(19)8-11)17-22(5-6-24-17)16(23)7-10-1-3-12(20)9-15(10)21/h1-4,8-9,17H,5-7H2. The third-order valence-electron chi connectivity index (χ3n) is 3.80. The van der Waals surface area contributed by atoms with Crippen molar-refractivity contribution >= 4 is 40.9 Å². The minimum atomic E-state index is -0.712. The molecule has 0 spiro atoms. The second-order valence-corrected chi connectivity index (χ2v) is 7.42. The van der Waals surface area contributed by atoms with Crippen molar-refractivity contribution in [1.29, 1.82) is 0 Å². The zero-order chi connectivity index (χ0) is 17.3. The molecule has 0 radical (unpaired) electrons. The van der Waals surface area contributed by atoms with Crippen LogP contribution in [0.1, 0.15) is 16.5 Å². The largest absolute Gasteiger partial charge is 0.325 e. The van der Waals surface area contributed by atoms with Crippen LogP contribution < -0.4 is 0 Å². The first-order chi connectivity index (χ1) is 11.5. The summed E-state index contributed by atoms with van der Waals surface area (Å²) in [5.74, 6) is -0.828. The molecule has 24 heavy (non-hydrogen) atoms. The van der Waals surface area contributed by atoms with Gasteiger partial charge in [0.05, 0.1) is 6.42 Å². The monoisotopic (exact) mass is 387 g/mol. The molecule has 2 nitrogen and oxygen atoms in total. The lowest BCUT2D eigenvalue weighted by Gasteiger charge is -2.25. The van der Waals surface area contributed by atoms with Gasteiger partial charge in [-0.2, -0.15) is 0 Å². The third-order valence-corrected chi connectivity index (χ3v) is 5.60. The molecular weight excluding hydrogens is 375 g/mol. The van der Waals surface area contributed by atoms with E-state index in [0.29, 0.717) is 16.6 Å². The summed E-state index contributed by atoms with van der Waals surface area (Å²) in [5, 5.41) is 0.788. The molecule has 1 fully saturated rings. The first-order valence-corrected chi connectivity index (χ1v) is 9.06. The fraction of sp³-hybridized carbons (Fsp3) is 0.235. The van der Waals surface area contributed by atoms with E-state index >= 15 is 0 Å². The first kappa shape index (κ1) is 17.5. The minimum Gasteiger partial charge on any atom is -0.325 e. The number of hydrogen-bond acceptors (Lipinski definition) is 2. The van der Waals surface area contributed by atoms with Crippen LogP contribution in [-0.4, -0.2) is 23.1 Å². The zero-order valence-electron chi connectivity index (χ0n) is 12.4. The number of benzene rings is 2. The molecule has 1 atom stereocenters. The normalized spacial score (nSPS) is 17.3. The third kappa shape index (κ3) is 3.68. The zero-order valence-corrected chi connectivity index (χ0v) is 14.8. The Morgan fingerprint density at radius 2 is 2.00 bits per heavy atom. The number of thioether (sulfide) groups is 1. The second kappa shape index (κ2) is 7.30. The maximum atomic E-state index is 13.8. The van der Waals surface area contributed by atoms with Crippen molar-refractivity contribution in [1.82, 2.24) is 4.90 Å². The van der Waals surface area contributed by atoms with Crippen molar-refractivity contribution in [3.05, 3.63) is 69.2 Å². The van der Waals surface area contributed by atoms with Crippen LogP contribution in [0.5, 0.6) is 0 Å². The maximum absolute atomic E-state index is 13.8. The van der Waals surface area contributed by atoms with Gasteiger partial charge in [-0.3, -0.25) is 4.79 Å². The average Bonchev–Trinajstić information content (AvgIpc) is 2.99. The molecule has 2 aromatic rings. The quantitative estimate of drug-likeness (QED) is 0.730. The number of hydrogen-bond donors (Lipinski definition) is 0. The molecule has 126 valence electrons. The van der Waals surface area contributed by atoms with Gasteiger partial charge in [0, 0.05) is 34.0 Å². The number of amides is 1. The number of rotatable bonds is 3. The Labute approximate surface area is 152 Å². The fourth-order valence-corrected chi connectivity index (χ4v) is 4.50. The predicted molar refractivity (Wildman–Crippen MR) is 93.4 cm³/mol. The summed E-state index contributed by atoms with van der Waals surface area (Å²) in [6, 6.07) is 8.40. The van der Waals surface area contributed by atoms with Crippen molar-refractivity contribution in [2.45, 2.75) is 11.8 Å². The molecule has 1 heterocycles. The summed E-state index contributed by atoms with van der Waals surface area (Å²) in [5.41, 5.74) is 0.982. The van der Waals surface area contributed by atoms with Gasteiger partial charge in [-0.05, 0) is 23.8 Å². The highest BCUT2D eigenvalue weighted by atomic mass is 35.5. The van der Waals surface area contributed by atoms with E-state index in [9.17, 15) is 13.6 Å². The Morgan fingerprint density at radius 1 is 1.21 bits per heavy atom. The van der Waals surface area contributed by atoms with Crippen molar-refractivity contribution in [3.8, 4) is 0 Å². The van der Waals surface area contributed by atoms with Crippen LogP contribution in [0.2, 0.25) is 10.0 Å². The van der Waals surface area contributed by atoms with E-state index in [1.54, 1.807) is 34.9 Å². The van der Waals surface area contributed by atoms with Crippen LogP contribution in [0.15, 0.2) is 36.4 Å². The maximum Gasteiger partial charge on any atom is 0.228 e. The van der Waals surface area contributed by atoms with Gasteiger partial charge in [-0.25, -0.2) is 8.78 Å². The molecule has 1 unspecified atom stereocenters. The molecule has 7 heteroatoms. The van der Waals surface area contributed by atoms with Crippen LogP contribution in [0.4, 0.5) is 8.78 Å². The summed E-state index contributed by atoms with van der Waals surface area (Å²) in [7, 11) is 0. The van der Waals surface area contributed by atoms with Crippen LogP contribution in [0.3, 0.4) is 0 Å². The van der Waals surface area contributed by atoms with Crippen molar-refractivity contribution < 1.29 is 13.6 Å². The van der Waals surface area contributed by atoms with Gasteiger partial charge >= 0.3 is 0 Å². The Bertz CT molecular complexity index is 787. The van der Waals surface area contributed by atoms with E-state index in [-0.39, 0.29) is 23.3 Å². The lowest BCUT2D eigenvalue weighted by Crippen LogP contribution is -2.32. The van der Waals surface area contributed by atoms with Gasteiger partial charge in [0.15, 0.2) is 0 Å². The second-order valence-electron chi connectivity index (χ2n) is 5.39. The summed E-state index contributed by atoms with van der Waals surface area (Å²) in [4.78, 5) is 14.3. The Kier molecular flexibility index (Phi) is 5.33. The summed E-state index contributed by atoms with van der Waals surface area (Å²) in [6.45, 7) is 0.552. The van der Waals surface area contributed by atoms with Crippen LogP contribution in [0.25, 0.3) is 0 Å². The van der Waals surface area contributed by atoms with E-state index in [1.165, 1.54) is 6.07 Å². The summed E-state index contributed by atoms with van der Waals surface area (Å²) >= 11 is 13.8. The lowest BCUT2D eigenvalue weighted by atomic mass is 10.1. The molecule has 1 aliphatic rings. The average molecular weight is 388 g/mol. The molecule has 0 aliphatic carbocycles. The highest BCUT2D eigenvalue weighted by Crippen LogP contribution is 2.41. The van der Waals surface area contributed by atoms with Gasteiger partial charge in [-0.15, -0.1) is 11.8 Å². The SMILES string of the molecule is O=C(Cc1ccc(F)cc1F)N1CCSC1c1ccc(Cl)cc1Cl. The molecule has 0 saturated carbocycles. The van der Waals surface area contributed by atoms with Crippen LogP contribution in [0, 0.1) is 11.6 Å². The molecule has 1 amide bonds. The van der Waals surface area contributed by atoms with Gasteiger partial charge in [-0.1, -0.05) is 35.3 Å². The fourth-order valence-electron chi connectivity index (χ4n) is 2.61. The lowest BCUT2D eigenvalue weighted by molar-refractivity contribution is -0.130. The smallest absolute Gasteiger partial charge is 0.228 e. The molecule has 0 N–H and O–H groups in total. The molecule has 0 bridgehead atoms. The van der Waals surface area contributed by atoms with E-state index < -0.39 is 11.6 Å². The number of carbonyl (C=O) groups excluding carboxylic acids is 1.